The molecule has 1 aromatic heterocycles. The van der Waals surface area contributed by atoms with Gasteiger partial charge in [0.05, 0.1) is 24.3 Å². The first-order chi connectivity index (χ1) is 18.8. The zero-order valence-corrected chi connectivity index (χ0v) is 26.6. The molecule has 0 aliphatic carbocycles. The first-order valence-corrected chi connectivity index (χ1v) is 15.2. The molecular weight excluding hydrogens is 520 g/mol. The van der Waals surface area contributed by atoms with Crippen LogP contribution in [0.15, 0.2) is 36.4 Å². The second-order valence-corrected chi connectivity index (χ2v) is 14.3. The molecule has 0 aliphatic rings. The number of hydrogen-bond donors (Lipinski definition) is 0. The van der Waals surface area contributed by atoms with Gasteiger partial charge in [-0.15, -0.1) is 11.3 Å². The van der Waals surface area contributed by atoms with E-state index in [9.17, 15) is 9.59 Å². The number of fused-ring (bicyclic) bond motifs is 3. The molecule has 1 heterocycles. The van der Waals surface area contributed by atoms with Crippen LogP contribution in [-0.2, 0) is 9.47 Å². The molecule has 0 fully saturated rings. The molecule has 0 atom stereocenters. The molecule has 0 aliphatic heterocycles. The number of unbranched alkanes of at least 4 members (excludes halogenated alkanes) is 1. The Morgan fingerprint density at radius 2 is 1.20 bits per heavy atom. The van der Waals surface area contributed by atoms with Gasteiger partial charge in [-0.2, -0.15) is 0 Å². The van der Waals surface area contributed by atoms with Crippen molar-refractivity contribution < 1.29 is 19.1 Å². The molecule has 0 saturated carbocycles. The van der Waals surface area contributed by atoms with Crippen molar-refractivity contribution in [1.29, 1.82) is 0 Å². The molecule has 0 radical (unpaired) electrons. The highest BCUT2D eigenvalue weighted by molar-refractivity contribution is 7.25. The van der Waals surface area contributed by atoms with Crippen LogP contribution in [0.3, 0.4) is 0 Å². The minimum Gasteiger partial charge on any atom is -0.462 e. The van der Waals surface area contributed by atoms with Gasteiger partial charge in [0.1, 0.15) is 0 Å². The summed E-state index contributed by atoms with van der Waals surface area (Å²) in [7, 11) is 8.32. The van der Waals surface area contributed by atoms with Crippen molar-refractivity contribution in [2.45, 2.75) is 59.8 Å². The smallest absolute Gasteiger partial charge is 0.338 e. The highest BCUT2D eigenvalue weighted by Gasteiger charge is 2.23. The van der Waals surface area contributed by atoms with Crippen molar-refractivity contribution in [2.75, 3.05) is 54.5 Å². The monoisotopic (exact) mass is 568 g/mol. The fourth-order valence-corrected chi connectivity index (χ4v) is 5.90. The van der Waals surface area contributed by atoms with Gasteiger partial charge in [-0.3, -0.25) is 0 Å². The predicted octanol–water partition coefficient (Wildman–Crippen LogP) is 7.49. The van der Waals surface area contributed by atoms with Gasteiger partial charge in [0.25, 0.3) is 0 Å². The molecule has 0 spiro atoms. The third kappa shape index (κ3) is 9.57. The maximum Gasteiger partial charge on any atom is 0.338 e. The predicted molar refractivity (Wildman–Crippen MR) is 168 cm³/mol. The zero-order chi connectivity index (χ0) is 29.5. The van der Waals surface area contributed by atoms with E-state index in [0.29, 0.717) is 24.3 Å². The molecule has 3 aromatic rings. The van der Waals surface area contributed by atoms with Crippen LogP contribution >= 0.6 is 11.3 Å². The second-order valence-electron chi connectivity index (χ2n) is 13.2. The average Bonchev–Trinajstić information content (AvgIpc) is 3.25. The number of hydrogen-bond acceptors (Lipinski definition) is 7. The Balaban J connectivity index is 1.63. The van der Waals surface area contributed by atoms with Crippen LogP contribution in [-0.4, -0.2) is 76.2 Å². The Labute approximate surface area is 244 Å². The average molecular weight is 569 g/mol. The minimum atomic E-state index is -0.300. The first kappa shape index (κ1) is 32.0. The summed E-state index contributed by atoms with van der Waals surface area (Å²) >= 11 is 1.61. The molecule has 2 aromatic carbocycles. The summed E-state index contributed by atoms with van der Waals surface area (Å²) in [5.41, 5.74) is 0.971. The topological polar surface area (TPSA) is 59.1 Å². The van der Waals surface area contributed by atoms with Gasteiger partial charge in [0, 0.05) is 20.2 Å². The number of benzene rings is 2. The Morgan fingerprint density at radius 3 is 1.80 bits per heavy atom. The first-order valence-electron chi connectivity index (χ1n) is 14.4. The van der Waals surface area contributed by atoms with E-state index in [0.717, 1.165) is 65.4 Å². The second kappa shape index (κ2) is 13.9. The molecular formula is C33H48N2O4S. The lowest BCUT2D eigenvalue weighted by atomic mass is 9.88. The van der Waals surface area contributed by atoms with E-state index in [-0.39, 0.29) is 22.8 Å². The van der Waals surface area contributed by atoms with Gasteiger partial charge in [0.2, 0.25) is 0 Å². The Kier molecular flexibility index (Phi) is 11.2. The highest BCUT2D eigenvalue weighted by Crippen LogP contribution is 2.35. The van der Waals surface area contributed by atoms with Crippen LogP contribution in [0.1, 0.15) is 80.5 Å². The van der Waals surface area contributed by atoms with Crippen molar-refractivity contribution in [3.8, 4) is 0 Å². The molecule has 0 N–H and O–H groups in total. The number of carbonyl (C=O) groups excluding carboxylic acids is 2. The number of nitrogens with zero attached hydrogens (tertiary/aromatic N) is 2. The van der Waals surface area contributed by atoms with E-state index in [1.165, 1.54) is 0 Å². The zero-order valence-electron chi connectivity index (χ0n) is 25.8. The van der Waals surface area contributed by atoms with E-state index in [2.05, 4.69) is 65.7 Å². The molecule has 6 nitrogen and oxygen atoms in total. The standard InChI is InChI=1S/C33H48N2O4S/c1-32(2,16-9-10-18-34(5)6)22-39-31(37)25-12-14-26-27-20-24(13-15-28(27)40-29(26)21-25)30(36)38-23-33(3,4)17-11-19-35(7)8/h12-15,20-21H,9-11,16-19,22-23H2,1-8H3. The molecule has 3 rings (SSSR count). The normalized spacial score (nSPS) is 12.6. The number of esters is 2. The summed E-state index contributed by atoms with van der Waals surface area (Å²) in [5.74, 6) is -0.593. The molecule has 7 heteroatoms. The van der Waals surface area contributed by atoms with Crippen LogP contribution in [0.2, 0.25) is 0 Å². The Hall–Kier alpha value is -2.48. The molecule has 220 valence electrons. The van der Waals surface area contributed by atoms with Gasteiger partial charge in [-0.25, -0.2) is 9.59 Å². The fourth-order valence-electron chi connectivity index (χ4n) is 4.77. The lowest BCUT2D eigenvalue weighted by molar-refractivity contribution is 0.0316. The van der Waals surface area contributed by atoms with E-state index in [1.54, 1.807) is 11.3 Å². The molecule has 0 unspecified atom stereocenters. The fraction of sp³-hybridized carbons (Fsp3) is 0.576. The van der Waals surface area contributed by atoms with Gasteiger partial charge < -0.3 is 19.3 Å². The van der Waals surface area contributed by atoms with Crippen molar-refractivity contribution in [3.63, 3.8) is 0 Å². The van der Waals surface area contributed by atoms with E-state index in [1.807, 2.05) is 36.4 Å². The summed E-state index contributed by atoms with van der Waals surface area (Å²) in [6, 6.07) is 11.4. The van der Waals surface area contributed by atoms with Crippen LogP contribution in [0.5, 0.6) is 0 Å². The van der Waals surface area contributed by atoms with Crippen LogP contribution in [0.4, 0.5) is 0 Å². The van der Waals surface area contributed by atoms with Gasteiger partial charge >= 0.3 is 11.9 Å². The highest BCUT2D eigenvalue weighted by atomic mass is 32.1. The Morgan fingerprint density at radius 1 is 0.675 bits per heavy atom. The number of thiophene rings is 1. The number of ether oxygens (including phenoxy) is 2. The lowest BCUT2D eigenvalue weighted by Gasteiger charge is -2.24. The van der Waals surface area contributed by atoms with Crippen LogP contribution < -0.4 is 0 Å². The molecule has 0 amide bonds. The third-order valence-corrected chi connectivity index (χ3v) is 8.43. The molecule has 0 saturated heterocycles. The summed E-state index contributed by atoms with van der Waals surface area (Å²) in [5, 5.41) is 2.02. The largest absolute Gasteiger partial charge is 0.462 e. The summed E-state index contributed by atoms with van der Waals surface area (Å²) < 4.78 is 13.5. The van der Waals surface area contributed by atoms with E-state index in [4.69, 9.17) is 9.47 Å². The number of rotatable bonds is 15. The maximum atomic E-state index is 12.9. The minimum absolute atomic E-state index is 0.0594. The van der Waals surface area contributed by atoms with Crippen molar-refractivity contribution in [3.05, 3.63) is 47.5 Å². The van der Waals surface area contributed by atoms with Crippen LogP contribution in [0.25, 0.3) is 20.2 Å². The molecule has 0 bridgehead atoms. The summed E-state index contributed by atoms with van der Waals surface area (Å²) in [6.07, 6.45) is 5.32. The van der Waals surface area contributed by atoms with Crippen molar-refractivity contribution in [1.82, 2.24) is 9.80 Å². The van der Waals surface area contributed by atoms with E-state index >= 15 is 0 Å². The summed E-state index contributed by atoms with van der Waals surface area (Å²) in [6.45, 7) is 11.5. The number of carbonyl (C=O) groups is 2. The van der Waals surface area contributed by atoms with E-state index < -0.39 is 0 Å². The summed E-state index contributed by atoms with van der Waals surface area (Å²) in [4.78, 5) is 30.1. The molecule has 40 heavy (non-hydrogen) atoms. The van der Waals surface area contributed by atoms with Gasteiger partial charge in [-0.1, -0.05) is 40.2 Å². The SMILES string of the molecule is CN(C)CCCCC(C)(C)COC(=O)c1ccc2c(c1)sc1ccc(C(=O)OCC(C)(C)CCCN(C)C)cc12. The van der Waals surface area contributed by atoms with Gasteiger partial charge in [-0.05, 0) is 108 Å². The maximum absolute atomic E-state index is 12.9. The third-order valence-electron chi connectivity index (χ3n) is 7.30. The quantitative estimate of drug-likeness (QED) is 0.140. The van der Waals surface area contributed by atoms with Crippen molar-refractivity contribution in [2.24, 2.45) is 10.8 Å². The van der Waals surface area contributed by atoms with Crippen molar-refractivity contribution >= 4 is 43.4 Å². The Bertz CT molecular complexity index is 1290. The lowest BCUT2D eigenvalue weighted by Crippen LogP contribution is -2.24. The van der Waals surface area contributed by atoms with Crippen LogP contribution in [0, 0.1) is 10.8 Å². The van der Waals surface area contributed by atoms with Gasteiger partial charge in [0.15, 0.2) is 0 Å².